The van der Waals surface area contributed by atoms with Crippen molar-refractivity contribution in [2.45, 2.75) is 22.6 Å². The number of hydrogen-bond donors (Lipinski definition) is 2. The highest BCUT2D eigenvalue weighted by Crippen LogP contribution is 2.13. The number of nitrogens with one attached hydrogen (secondary N) is 1. The molecule has 1 aliphatic rings. The van der Waals surface area contributed by atoms with Crippen LogP contribution in [0.15, 0.2) is 34.1 Å². The fourth-order valence-corrected chi connectivity index (χ4v) is 3.77. The Balaban J connectivity index is 1.98. The highest BCUT2D eigenvalue weighted by Gasteiger charge is 2.17. The van der Waals surface area contributed by atoms with Crippen molar-refractivity contribution in [1.29, 1.82) is 0 Å². The minimum atomic E-state index is -3.81. The third kappa shape index (κ3) is 4.48. The van der Waals surface area contributed by atoms with Gasteiger partial charge in [-0.1, -0.05) is 0 Å². The molecule has 0 radical (unpaired) electrons. The summed E-state index contributed by atoms with van der Waals surface area (Å²) in [6, 6.07) is 4.84. The maximum absolute atomic E-state index is 12.1. The molecule has 7 nitrogen and oxygen atoms in total. The lowest BCUT2D eigenvalue weighted by Gasteiger charge is -2.14. The summed E-state index contributed by atoms with van der Waals surface area (Å²) in [6.45, 7) is 3.02. The van der Waals surface area contributed by atoms with Gasteiger partial charge in [-0.15, -0.1) is 0 Å². The molecule has 0 bridgehead atoms. The second kappa shape index (κ2) is 6.41. The van der Waals surface area contributed by atoms with Crippen molar-refractivity contribution in [3.8, 4) is 0 Å². The second-order valence-electron chi connectivity index (χ2n) is 4.96. The summed E-state index contributed by atoms with van der Waals surface area (Å²) in [5, 5.41) is 4.97. The molecule has 21 heavy (non-hydrogen) atoms. The summed E-state index contributed by atoms with van der Waals surface area (Å²) in [5.74, 6) is 0. The number of rotatable bonds is 6. The molecule has 0 saturated carbocycles. The van der Waals surface area contributed by atoms with Gasteiger partial charge in [0.15, 0.2) is 0 Å². The van der Waals surface area contributed by atoms with Gasteiger partial charge >= 0.3 is 0 Å². The average molecular weight is 333 g/mol. The largest absolute Gasteiger partial charge is 0.302 e. The predicted octanol–water partition coefficient (Wildman–Crippen LogP) is -0.292. The summed E-state index contributed by atoms with van der Waals surface area (Å²) in [7, 11) is -7.44. The average Bonchev–Trinajstić information content (AvgIpc) is 2.91. The molecule has 1 aromatic rings. The van der Waals surface area contributed by atoms with E-state index in [0.29, 0.717) is 13.1 Å². The van der Waals surface area contributed by atoms with Gasteiger partial charge in [0.25, 0.3) is 0 Å². The van der Waals surface area contributed by atoms with E-state index in [-0.39, 0.29) is 9.79 Å². The lowest BCUT2D eigenvalue weighted by molar-refractivity contribution is 0.344. The normalized spacial score (nSPS) is 17.2. The van der Waals surface area contributed by atoms with Gasteiger partial charge in [0, 0.05) is 13.1 Å². The quantitative estimate of drug-likeness (QED) is 0.743. The van der Waals surface area contributed by atoms with Crippen molar-refractivity contribution in [2.24, 2.45) is 5.14 Å². The van der Waals surface area contributed by atoms with E-state index in [0.717, 1.165) is 25.9 Å². The van der Waals surface area contributed by atoms with Gasteiger partial charge < -0.3 is 4.90 Å². The molecule has 0 aliphatic carbocycles. The topological polar surface area (TPSA) is 110 Å². The van der Waals surface area contributed by atoms with Gasteiger partial charge in [-0.25, -0.2) is 26.7 Å². The van der Waals surface area contributed by atoms with Gasteiger partial charge in [0.2, 0.25) is 20.0 Å². The van der Waals surface area contributed by atoms with Gasteiger partial charge in [-0.3, -0.25) is 0 Å². The van der Waals surface area contributed by atoms with Crippen LogP contribution in [0.25, 0.3) is 0 Å². The Morgan fingerprint density at radius 2 is 1.52 bits per heavy atom. The standard InChI is InChI=1S/C12H19N3O4S2/c13-20(16,17)11-3-5-12(6-4-11)21(18,19)14-7-10-15-8-1-2-9-15/h3-6,14H,1-2,7-10H2,(H2,13,16,17). The van der Waals surface area contributed by atoms with Crippen LogP contribution in [0.2, 0.25) is 0 Å². The van der Waals surface area contributed by atoms with E-state index in [4.69, 9.17) is 5.14 Å². The van der Waals surface area contributed by atoms with E-state index in [1.165, 1.54) is 24.3 Å². The maximum atomic E-state index is 12.1. The number of sulfonamides is 2. The highest BCUT2D eigenvalue weighted by atomic mass is 32.2. The molecular weight excluding hydrogens is 314 g/mol. The Hall–Kier alpha value is -1.00. The molecule has 0 aromatic heterocycles. The predicted molar refractivity (Wildman–Crippen MR) is 78.7 cm³/mol. The molecule has 1 heterocycles. The fraction of sp³-hybridized carbons (Fsp3) is 0.500. The molecule has 0 spiro atoms. The minimum Gasteiger partial charge on any atom is -0.302 e. The zero-order valence-electron chi connectivity index (χ0n) is 11.5. The van der Waals surface area contributed by atoms with Crippen LogP contribution in [0, 0.1) is 0 Å². The van der Waals surface area contributed by atoms with Crippen molar-refractivity contribution >= 4 is 20.0 Å². The van der Waals surface area contributed by atoms with Crippen molar-refractivity contribution in [2.75, 3.05) is 26.2 Å². The molecule has 0 amide bonds. The van der Waals surface area contributed by atoms with Crippen molar-refractivity contribution in [3.63, 3.8) is 0 Å². The van der Waals surface area contributed by atoms with E-state index in [1.807, 2.05) is 0 Å². The smallest absolute Gasteiger partial charge is 0.240 e. The molecule has 3 N–H and O–H groups in total. The van der Waals surface area contributed by atoms with E-state index < -0.39 is 20.0 Å². The monoisotopic (exact) mass is 333 g/mol. The maximum Gasteiger partial charge on any atom is 0.240 e. The molecule has 118 valence electrons. The third-order valence-electron chi connectivity index (χ3n) is 3.38. The zero-order valence-corrected chi connectivity index (χ0v) is 13.2. The molecule has 1 aliphatic heterocycles. The summed E-state index contributed by atoms with van der Waals surface area (Å²) in [5.41, 5.74) is 0. The van der Waals surface area contributed by atoms with Crippen LogP contribution in [0.3, 0.4) is 0 Å². The van der Waals surface area contributed by atoms with Crippen LogP contribution in [0.1, 0.15) is 12.8 Å². The molecule has 1 saturated heterocycles. The lowest BCUT2D eigenvalue weighted by atomic mass is 10.4. The Kier molecular flexibility index (Phi) is 4.99. The first-order valence-corrected chi connectivity index (χ1v) is 9.67. The fourth-order valence-electron chi connectivity index (χ4n) is 2.24. The summed E-state index contributed by atoms with van der Waals surface area (Å²) >= 11 is 0. The highest BCUT2D eigenvalue weighted by molar-refractivity contribution is 7.89. The molecule has 2 rings (SSSR count). The van der Waals surface area contributed by atoms with Crippen LogP contribution >= 0.6 is 0 Å². The number of hydrogen-bond acceptors (Lipinski definition) is 5. The Labute approximate surface area is 125 Å². The van der Waals surface area contributed by atoms with Gasteiger partial charge in [0.05, 0.1) is 9.79 Å². The Bertz CT molecular complexity index is 678. The van der Waals surface area contributed by atoms with E-state index >= 15 is 0 Å². The number of likely N-dealkylation sites (tertiary alicyclic amines) is 1. The lowest BCUT2D eigenvalue weighted by Crippen LogP contribution is -2.33. The summed E-state index contributed by atoms with van der Waals surface area (Å²) in [4.78, 5) is 2.11. The van der Waals surface area contributed by atoms with Crippen LogP contribution < -0.4 is 9.86 Å². The summed E-state index contributed by atoms with van der Waals surface area (Å²) < 4.78 is 48.9. The first-order valence-electron chi connectivity index (χ1n) is 6.64. The van der Waals surface area contributed by atoms with E-state index in [9.17, 15) is 16.8 Å². The van der Waals surface area contributed by atoms with Gasteiger partial charge in [-0.05, 0) is 50.2 Å². The van der Waals surface area contributed by atoms with E-state index in [2.05, 4.69) is 9.62 Å². The van der Waals surface area contributed by atoms with Crippen LogP contribution in [0.4, 0.5) is 0 Å². The Morgan fingerprint density at radius 3 is 2.05 bits per heavy atom. The second-order valence-corrected chi connectivity index (χ2v) is 8.29. The van der Waals surface area contributed by atoms with Crippen molar-refractivity contribution in [3.05, 3.63) is 24.3 Å². The number of primary sulfonamides is 1. The molecule has 0 unspecified atom stereocenters. The van der Waals surface area contributed by atoms with E-state index in [1.54, 1.807) is 0 Å². The molecule has 9 heteroatoms. The SMILES string of the molecule is NS(=O)(=O)c1ccc(S(=O)(=O)NCCN2CCCC2)cc1. The number of nitrogens with zero attached hydrogens (tertiary/aromatic N) is 1. The van der Waals surface area contributed by atoms with Crippen molar-refractivity contribution < 1.29 is 16.8 Å². The number of benzene rings is 1. The van der Waals surface area contributed by atoms with Crippen LogP contribution in [-0.2, 0) is 20.0 Å². The molecule has 1 aromatic carbocycles. The third-order valence-corrected chi connectivity index (χ3v) is 5.79. The van der Waals surface area contributed by atoms with Crippen molar-refractivity contribution in [1.82, 2.24) is 9.62 Å². The first-order chi connectivity index (χ1) is 9.79. The molecule has 1 fully saturated rings. The number of nitrogens with two attached hydrogens (primary N) is 1. The zero-order chi connectivity index (χ0) is 15.5. The van der Waals surface area contributed by atoms with Gasteiger partial charge in [-0.2, -0.15) is 0 Å². The minimum absolute atomic E-state index is 0.0244. The van der Waals surface area contributed by atoms with Gasteiger partial charge in [0.1, 0.15) is 0 Å². The Morgan fingerprint density at radius 1 is 1.00 bits per heavy atom. The van der Waals surface area contributed by atoms with Crippen LogP contribution in [0.5, 0.6) is 0 Å². The first kappa shape index (κ1) is 16.4. The summed E-state index contributed by atoms with van der Waals surface area (Å²) in [6.07, 6.45) is 2.31. The molecule has 0 atom stereocenters. The molecular formula is C12H19N3O4S2. The van der Waals surface area contributed by atoms with Crippen LogP contribution in [-0.4, -0.2) is 47.9 Å².